The van der Waals surface area contributed by atoms with Gasteiger partial charge >= 0.3 is 23.5 Å². The number of ether oxygens (including phenoxy) is 1. The maximum absolute atomic E-state index is 12.0. The van der Waals surface area contributed by atoms with Crippen LogP contribution < -0.4 is 0 Å². The first kappa shape index (κ1) is 25.5. The zero-order valence-electron chi connectivity index (χ0n) is 17.4. The zero-order valence-corrected chi connectivity index (χ0v) is 20.1. The van der Waals surface area contributed by atoms with Crippen molar-refractivity contribution in [1.82, 2.24) is 19.5 Å². The molecule has 0 aliphatic carbocycles. The summed E-state index contributed by atoms with van der Waals surface area (Å²) in [6.45, 7) is 6.75. The number of aryl methyl sites for hydroxylation is 2. The zero-order chi connectivity index (χ0) is 24.1. The van der Waals surface area contributed by atoms with Gasteiger partial charge in [-0.2, -0.15) is 8.62 Å². The molecule has 32 heavy (non-hydrogen) atoms. The smallest absolute Gasteiger partial charge is 0.352 e. The number of phosphoric ester groups is 1. The van der Waals surface area contributed by atoms with Crippen LogP contribution in [0.4, 0.5) is 0 Å². The average Bonchev–Trinajstić information content (AvgIpc) is 3.12. The molecule has 1 aliphatic rings. The lowest BCUT2D eigenvalue weighted by Gasteiger charge is -2.19. The number of phosphoric acid groups is 3. The van der Waals surface area contributed by atoms with Gasteiger partial charge in [-0.15, -0.1) is 0 Å². The summed E-state index contributed by atoms with van der Waals surface area (Å²) in [5.41, 5.74) is 1.87. The Bertz CT molecular complexity index is 1150. The quantitative estimate of drug-likeness (QED) is 0.369. The topological polar surface area (TPSA) is 213 Å². The highest BCUT2D eigenvalue weighted by molar-refractivity contribution is 7.66. The Hall–Kier alpha value is -1.08. The Labute approximate surface area is 182 Å². The lowest BCUT2D eigenvalue weighted by Crippen LogP contribution is -2.21. The van der Waals surface area contributed by atoms with Gasteiger partial charge in [0.2, 0.25) is 0 Å². The van der Waals surface area contributed by atoms with Gasteiger partial charge in [0.1, 0.15) is 17.6 Å². The van der Waals surface area contributed by atoms with Crippen molar-refractivity contribution in [3.8, 4) is 0 Å². The first-order valence-corrected chi connectivity index (χ1v) is 13.7. The van der Waals surface area contributed by atoms with E-state index >= 15 is 0 Å². The number of nitrogens with zero attached hydrogens (tertiary/aromatic N) is 4. The Kier molecular flexibility index (Phi) is 7.13. The van der Waals surface area contributed by atoms with Crippen molar-refractivity contribution in [2.45, 2.75) is 40.0 Å². The molecule has 18 heteroatoms. The van der Waals surface area contributed by atoms with Crippen LogP contribution in [-0.2, 0) is 31.6 Å². The molecule has 2 aromatic heterocycles. The molecule has 0 amide bonds. The number of hydrogen-bond donors (Lipinski definition) is 4. The molecule has 0 saturated carbocycles. The van der Waals surface area contributed by atoms with Crippen molar-refractivity contribution in [1.29, 1.82) is 0 Å². The number of rotatable bonds is 8. The molecule has 2 aromatic rings. The van der Waals surface area contributed by atoms with E-state index in [2.05, 4.69) is 23.6 Å². The standard InChI is InChI=1S/C14H23N4O11P3/c1-7-8(2)14(18-6-15-12-9(3)16-10(4)17-13(12)18)27-11(7)5-26-31(22,23)29-32(24,25)28-30(19,20)21/h6-8,11,14H,5H2,1-4H3,(H,22,23)(H,24,25)(H2,19,20,21). The van der Waals surface area contributed by atoms with Gasteiger partial charge in [-0.3, -0.25) is 9.09 Å². The van der Waals surface area contributed by atoms with E-state index in [0.717, 1.165) is 0 Å². The van der Waals surface area contributed by atoms with Crippen molar-refractivity contribution < 1.29 is 51.2 Å². The van der Waals surface area contributed by atoms with Gasteiger partial charge in [-0.1, -0.05) is 13.8 Å². The van der Waals surface area contributed by atoms with E-state index < -0.39 is 42.4 Å². The summed E-state index contributed by atoms with van der Waals surface area (Å²) in [5.74, 6) is 0.242. The second-order valence-corrected chi connectivity index (χ2v) is 11.8. The second kappa shape index (κ2) is 8.94. The number of hydrogen-bond acceptors (Lipinski definition) is 10. The van der Waals surface area contributed by atoms with Crippen LogP contribution >= 0.6 is 23.5 Å². The van der Waals surface area contributed by atoms with Crippen LogP contribution in [0.2, 0.25) is 0 Å². The molecule has 6 atom stereocenters. The van der Waals surface area contributed by atoms with Crippen LogP contribution in [0.25, 0.3) is 11.2 Å². The minimum atomic E-state index is -5.58. The van der Waals surface area contributed by atoms with Crippen molar-refractivity contribution in [2.24, 2.45) is 11.8 Å². The molecule has 1 saturated heterocycles. The summed E-state index contributed by atoms with van der Waals surface area (Å²) in [7, 11) is -16.3. The van der Waals surface area contributed by atoms with E-state index in [4.69, 9.17) is 19.0 Å². The van der Waals surface area contributed by atoms with E-state index in [1.165, 1.54) is 0 Å². The lowest BCUT2D eigenvalue weighted by atomic mass is 9.93. The van der Waals surface area contributed by atoms with Gasteiger partial charge in [0.25, 0.3) is 0 Å². The molecular weight excluding hydrogens is 493 g/mol. The maximum atomic E-state index is 12.0. The van der Waals surface area contributed by atoms with E-state index in [9.17, 15) is 23.5 Å². The van der Waals surface area contributed by atoms with Crippen molar-refractivity contribution >= 4 is 34.6 Å². The Balaban J connectivity index is 1.72. The fraction of sp³-hybridized carbons (Fsp3) is 0.643. The molecule has 1 aliphatic heterocycles. The van der Waals surface area contributed by atoms with Crippen molar-refractivity contribution in [3.63, 3.8) is 0 Å². The monoisotopic (exact) mass is 516 g/mol. The van der Waals surface area contributed by atoms with Crippen molar-refractivity contribution in [2.75, 3.05) is 6.61 Å². The van der Waals surface area contributed by atoms with E-state index in [-0.39, 0.29) is 11.8 Å². The molecule has 1 fully saturated rings. The molecule has 3 heterocycles. The van der Waals surface area contributed by atoms with Crippen molar-refractivity contribution in [3.05, 3.63) is 17.8 Å². The van der Waals surface area contributed by atoms with Gasteiger partial charge in [0.05, 0.1) is 24.7 Å². The summed E-state index contributed by atoms with van der Waals surface area (Å²) in [5, 5.41) is 0. The van der Waals surface area contributed by atoms with Gasteiger partial charge in [-0.05, 0) is 19.8 Å². The SMILES string of the molecule is Cc1nc(C)c2ncn(C3OC(COP(=O)(O)OP(=O)(O)OP(=O)(O)O)C(C)C3C)c2n1. The summed E-state index contributed by atoms with van der Waals surface area (Å²) >= 11 is 0. The fourth-order valence-electron chi connectivity index (χ4n) is 3.39. The third-order valence-electron chi connectivity index (χ3n) is 4.98. The maximum Gasteiger partial charge on any atom is 0.490 e. The minimum Gasteiger partial charge on any atom is -0.352 e. The summed E-state index contributed by atoms with van der Waals surface area (Å²) < 4.78 is 54.0. The Morgan fingerprint density at radius 2 is 1.69 bits per heavy atom. The first-order chi connectivity index (χ1) is 14.6. The molecule has 6 unspecified atom stereocenters. The molecule has 0 bridgehead atoms. The Morgan fingerprint density at radius 1 is 1.03 bits per heavy atom. The van der Waals surface area contributed by atoms with Crippen LogP contribution in [0.15, 0.2) is 6.33 Å². The third-order valence-corrected chi connectivity index (χ3v) is 8.78. The minimum absolute atomic E-state index is 0.113. The molecular formula is C14H23N4O11P3. The molecule has 0 spiro atoms. The highest BCUT2D eigenvalue weighted by Gasteiger charge is 2.44. The number of aromatic nitrogens is 4. The average molecular weight is 516 g/mol. The van der Waals surface area contributed by atoms with Gasteiger partial charge < -0.3 is 24.3 Å². The summed E-state index contributed by atoms with van der Waals surface area (Å²) in [6.07, 6.45) is 0.282. The third kappa shape index (κ3) is 5.88. The van der Waals surface area contributed by atoms with E-state index in [1.54, 1.807) is 24.7 Å². The predicted octanol–water partition coefficient (Wildman–Crippen LogP) is 1.96. The Morgan fingerprint density at radius 3 is 2.31 bits per heavy atom. The second-order valence-electron chi connectivity index (χ2n) is 7.35. The predicted molar refractivity (Wildman–Crippen MR) is 107 cm³/mol. The molecule has 15 nitrogen and oxygen atoms in total. The van der Waals surface area contributed by atoms with Crippen LogP contribution in [0.1, 0.15) is 31.6 Å². The normalized spacial score (nSPS) is 28.0. The van der Waals surface area contributed by atoms with Crippen LogP contribution in [0, 0.1) is 25.7 Å². The molecule has 0 aromatic carbocycles. The summed E-state index contributed by atoms with van der Waals surface area (Å²) in [4.78, 5) is 49.1. The summed E-state index contributed by atoms with van der Waals surface area (Å²) in [6, 6.07) is 0. The largest absolute Gasteiger partial charge is 0.490 e. The molecule has 0 radical (unpaired) electrons. The molecule has 180 valence electrons. The van der Waals surface area contributed by atoms with E-state index in [0.29, 0.717) is 22.7 Å². The molecule has 4 N–H and O–H groups in total. The lowest BCUT2D eigenvalue weighted by molar-refractivity contribution is -0.0331. The van der Waals surface area contributed by atoms with Crippen LogP contribution in [0.3, 0.4) is 0 Å². The number of imidazole rings is 1. The fourth-order valence-corrected chi connectivity index (χ4v) is 6.42. The molecule has 3 rings (SSSR count). The van der Waals surface area contributed by atoms with Crippen LogP contribution in [0.5, 0.6) is 0 Å². The highest BCUT2D eigenvalue weighted by Crippen LogP contribution is 2.66. The van der Waals surface area contributed by atoms with Crippen LogP contribution in [-0.4, -0.2) is 51.8 Å². The van der Waals surface area contributed by atoms with Gasteiger partial charge in [0, 0.05) is 5.92 Å². The highest BCUT2D eigenvalue weighted by atomic mass is 31.3. The van der Waals surface area contributed by atoms with Gasteiger partial charge in [-0.25, -0.2) is 28.6 Å². The van der Waals surface area contributed by atoms with Gasteiger partial charge in [0.15, 0.2) is 5.65 Å². The number of fused-ring (bicyclic) bond motifs is 1. The first-order valence-electron chi connectivity index (χ1n) is 9.20. The van der Waals surface area contributed by atoms with E-state index in [1.807, 2.05) is 13.8 Å².